The molecule has 4 heterocycles. The van der Waals surface area contributed by atoms with Crippen LogP contribution in [0.4, 0.5) is 13.2 Å². The number of piperidine rings is 3. The van der Waals surface area contributed by atoms with Crippen molar-refractivity contribution in [3.05, 3.63) is 5.69 Å². The molecule has 0 aromatic carbocycles. The SMILES string of the molecule is FC(F)(F)CCOCCOc1nsnc1C1CN2CCC1CC2. The van der Waals surface area contributed by atoms with Gasteiger partial charge in [0.1, 0.15) is 12.3 Å². The second kappa shape index (κ2) is 7.31. The third-order valence-electron chi connectivity index (χ3n) is 4.49. The molecule has 5 nitrogen and oxygen atoms in total. The summed E-state index contributed by atoms with van der Waals surface area (Å²) in [6.45, 7) is 3.28. The first-order chi connectivity index (χ1) is 11.0. The van der Waals surface area contributed by atoms with Crippen molar-refractivity contribution < 1.29 is 22.6 Å². The van der Waals surface area contributed by atoms with Gasteiger partial charge < -0.3 is 14.4 Å². The molecule has 23 heavy (non-hydrogen) atoms. The Morgan fingerprint density at radius 1 is 1.13 bits per heavy atom. The molecule has 3 fully saturated rings. The summed E-state index contributed by atoms with van der Waals surface area (Å²) in [6.07, 6.45) is -2.75. The van der Waals surface area contributed by atoms with Crippen molar-refractivity contribution in [1.29, 1.82) is 0 Å². The van der Waals surface area contributed by atoms with Gasteiger partial charge in [0.15, 0.2) is 0 Å². The Bertz CT molecular complexity index is 504. The Morgan fingerprint density at radius 2 is 1.91 bits per heavy atom. The lowest BCUT2D eigenvalue weighted by Gasteiger charge is -2.44. The van der Waals surface area contributed by atoms with Crippen LogP contribution in [0.1, 0.15) is 30.9 Å². The monoisotopic (exact) mass is 351 g/mol. The van der Waals surface area contributed by atoms with Gasteiger partial charge in [-0.15, -0.1) is 4.37 Å². The van der Waals surface area contributed by atoms with E-state index in [-0.39, 0.29) is 19.8 Å². The van der Waals surface area contributed by atoms with Gasteiger partial charge in [-0.05, 0) is 31.8 Å². The highest BCUT2D eigenvalue weighted by Crippen LogP contribution is 2.41. The van der Waals surface area contributed by atoms with Gasteiger partial charge in [-0.3, -0.25) is 0 Å². The Labute approximate surface area is 137 Å². The van der Waals surface area contributed by atoms with Gasteiger partial charge in [0.25, 0.3) is 0 Å². The predicted molar refractivity (Wildman–Crippen MR) is 78.8 cm³/mol. The third-order valence-corrected chi connectivity index (χ3v) is 5.01. The fourth-order valence-electron chi connectivity index (χ4n) is 3.28. The van der Waals surface area contributed by atoms with Crippen molar-refractivity contribution in [3.8, 4) is 5.88 Å². The lowest BCUT2D eigenvalue weighted by molar-refractivity contribution is -0.145. The zero-order valence-corrected chi connectivity index (χ0v) is 13.5. The quantitative estimate of drug-likeness (QED) is 0.707. The number of ether oxygens (including phenoxy) is 2. The first-order valence-electron chi connectivity index (χ1n) is 7.85. The van der Waals surface area contributed by atoms with Crippen LogP contribution >= 0.6 is 11.7 Å². The van der Waals surface area contributed by atoms with Crippen LogP contribution in [0, 0.1) is 5.92 Å². The first kappa shape index (κ1) is 16.9. The maximum absolute atomic E-state index is 12.0. The molecule has 0 aliphatic carbocycles. The lowest BCUT2D eigenvalue weighted by atomic mass is 9.77. The molecule has 0 radical (unpaired) electrons. The van der Waals surface area contributed by atoms with Crippen molar-refractivity contribution >= 4 is 11.7 Å². The molecule has 130 valence electrons. The maximum atomic E-state index is 12.0. The number of nitrogens with zero attached hydrogens (tertiary/aromatic N) is 3. The zero-order valence-electron chi connectivity index (χ0n) is 12.7. The number of fused-ring (bicyclic) bond motifs is 3. The number of aromatic nitrogens is 2. The minimum atomic E-state index is -4.18. The summed E-state index contributed by atoms with van der Waals surface area (Å²) >= 11 is 1.13. The molecule has 3 aliphatic rings. The molecule has 1 aromatic rings. The van der Waals surface area contributed by atoms with Crippen LogP contribution in [0.15, 0.2) is 0 Å². The van der Waals surface area contributed by atoms with Crippen molar-refractivity contribution in [1.82, 2.24) is 13.6 Å². The number of halogens is 3. The maximum Gasteiger partial charge on any atom is 0.391 e. The van der Waals surface area contributed by atoms with E-state index < -0.39 is 12.6 Å². The molecule has 2 bridgehead atoms. The smallest absolute Gasteiger partial charge is 0.391 e. The second-order valence-corrected chi connectivity index (χ2v) is 6.55. The number of alkyl halides is 3. The predicted octanol–water partition coefficient (Wildman–Crippen LogP) is 2.70. The molecule has 4 rings (SSSR count). The number of hydrogen-bond acceptors (Lipinski definition) is 6. The molecular formula is C14H20F3N3O2S. The Kier molecular flexibility index (Phi) is 5.38. The summed E-state index contributed by atoms with van der Waals surface area (Å²) in [7, 11) is 0. The van der Waals surface area contributed by atoms with Gasteiger partial charge in [-0.2, -0.15) is 17.5 Å². The van der Waals surface area contributed by atoms with Crippen molar-refractivity contribution in [2.45, 2.75) is 31.4 Å². The average Bonchev–Trinajstić information content (AvgIpc) is 2.99. The molecule has 1 atom stereocenters. The zero-order chi connectivity index (χ0) is 16.3. The minimum absolute atomic E-state index is 0.118. The van der Waals surface area contributed by atoms with E-state index in [1.807, 2.05) is 0 Å². The van der Waals surface area contributed by atoms with E-state index in [0.717, 1.165) is 37.1 Å². The van der Waals surface area contributed by atoms with Crippen LogP contribution in [-0.2, 0) is 4.74 Å². The fourth-order valence-corrected chi connectivity index (χ4v) is 3.84. The summed E-state index contributed by atoms with van der Waals surface area (Å²) in [5, 5.41) is 0. The van der Waals surface area contributed by atoms with E-state index in [4.69, 9.17) is 9.47 Å². The van der Waals surface area contributed by atoms with Crippen LogP contribution < -0.4 is 4.74 Å². The van der Waals surface area contributed by atoms with E-state index in [2.05, 4.69) is 13.6 Å². The summed E-state index contributed by atoms with van der Waals surface area (Å²) in [5.74, 6) is 1.51. The normalized spacial score (nSPS) is 27.3. The topological polar surface area (TPSA) is 47.5 Å². The summed E-state index contributed by atoms with van der Waals surface area (Å²) in [5.41, 5.74) is 0.902. The van der Waals surface area contributed by atoms with E-state index in [1.165, 1.54) is 12.8 Å². The van der Waals surface area contributed by atoms with Crippen molar-refractivity contribution in [2.24, 2.45) is 5.92 Å². The highest BCUT2D eigenvalue weighted by Gasteiger charge is 2.38. The highest BCUT2D eigenvalue weighted by molar-refractivity contribution is 6.99. The van der Waals surface area contributed by atoms with Crippen LogP contribution in [0.2, 0.25) is 0 Å². The van der Waals surface area contributed by atoms with E-state index >= 15 is 0 Å². The van der Waals surface area contributed by atoms with Crippen molar-refractivity contribution in [3.63, 3.8) is 0 Å². The summed E-state index contributed by atoms with van der Waals surface area (Å²) in [4.78, 5) is 2.44. The van der Waals surface area contributed by atoms with Gasteiger partial charge in [-0.25, -0.2) is 0 Å². The molecule has 1 unspecified atom stereocenters. The number of hydrogen-bond donors (Lipinski definition) is 0. The van der Waals surface area contributed by atoms with E-state index in [0.29, 0.717) is 17.7 Å². The second-order valence-electron chi connectivity index (χ2n) is 6.03. The van der Waals surface area contributed by atoms with Gasteiger partial charge in [0.05, 0.1) is 31.4 Å². The van der Waals surface area contributed by atoms with Gasteiger partial charge in [0.2, 0.25) is 5.88 Å². The Morgan fingerprint density at radius 3 is 2.57 bits per heavy atom. The summed E-state index contributed by atoms with van der Waals surface area (Å²) < 4.78 is 55.1. The molecule has 0 saturated carbocycles. The van der Waals surface area contributed by atoms with Crippen LogP contribution in [0.5, 0.6) is 5.88 Å². The van der Waals surface area contributed by atoms with Crippen molar-refractivity contribution in [2.75, 3.05) is 39.5 Å². The number of rotatable bonds is 7. The van der Waals surface area contributed by atoms with Crippen LogP contribution in [0.3, 0.4) is 0 Å². The minimum Gasteiger partial charge on any atom is -0.473 e. The standard InChI is InChI=1S/C14H20F3N3O2S/c15-14(16,17)3-6-21-7-8-22-13-12(18-23-19-13)11-9-20-4-1-10(11)2-5-20/h10-11H,1-9H2. The van der Waals surface area contributed by atoms with Gasteiger partial charge >= 0.3 is 6.18 Å². The van der Waals surface area contributed by atoms with Gasteiger partial charge in [-0.1, -0.05) is 0 Å². The molecule has 0 N–H and O–H groups in total. The Balaban J connectivity index is 1.44. The molecule has 3 aliphatic heterocycles. The molecule has 1 aromatic heterocycles. The largest absolute Gasteiger partial charge is 0.473 e. The molecule has 9 heteroatoms. The van der Waals surface area contributed by atoms with Gasteiger partial charge in [0, 0.05) is 12.5 Å². The first-order valence-corrected chi connectivity index (χ1v) is 8.58. The third kappa shape index (κ3) is 4.54. The van der Waals surface area contributed by atoms with E-state index in [9.17, 15) is 13.2 Å². The highest BCUT2D eigenvalue weighted by atomic mass is 32.1. The summed E-state index contributed by atoms with van der Waals surface area (Å²) in [6, 6.07) is 0. The molecule has 0 spiro atoms. The average molecular weight is 351 g/mol. The van der Waals surface area contributed by atoms with Crippen LogP contribution in [0.25, 0.3) is 0 Å². The fraction of sp³-hybridized carbons (Fsp3) is 0.857. The van der Waals surface area contributed by atoms with Crippen LogP contribution in [-0.4, -0.2) is 59.3 Å². The molecular weight excluding hydrogens is 331 g/mol. The molecule has 3 saturated heterocycles. The lowest BCUT2D eigenvalue weighted by Crippen LogP contribution is -2.46. The Hall–Kier alpha value is -0.930. The van der Waals surface area contributed by atoms with E-state index in [1.54, 1.807) is 0 Å². The molecule has 0 amide bonds.